The Balaban J connectivity index is 3.06. The highest BCUT2D eigenvalue weighted by Crippen LogP contribution is 2.23. The molecule has 0 fully saturated rings. The molecule has 0 unspecified atom stereocenters. The first-order valence-corrected chi connectivity index (χ1v) is 5.06. The first kappa shape index (κ1) is 14.4. The Hall–Kier alpha value is -1.66. The van der Waals surface area contributed by atoms with Crippen LogP contribution in [0, 0.1) is 29.1 Å². The minimum Gasteiger partial charge on any atom is -0.465 e. The Kier molecular flexibility index (Phi) is 4.63. The van der Waals surface area contributed by atoms with Crippen LogP contribution in [0.5, 0.6) is 0 Å². The second-order valence-corrected chi connectivity index (χ2v) is 3.45. The molecule has 0 saturated carbocycles. The fraction of sp³-hybridized carbons (Fsp3) is 0.364. The van der Waals surface area contributed by atoms with Crippen molar-refractivity contribution in [2.24, 2.45) is 0 Å². The van der Waals surface area contributed by atoms with Gasteiger partial charge in [0.15, 0.2) is 23.3 Å². The van der Waals surface area contributed by atoms with E-state index in [2.05, 4.69) is 4.74 Å². The molecular formula is C11H9F5O2. The highest BCUT2D eigenvalue weighted by atomic mass is 19.2. The fourth-order valence-electron chi connectivity index (χ4n) is 1.22. The summed E-state index contributed by atoms with van der Waals surface area (Å²) in [6.45, 7) is 1.69. The van der Waals surface area contributed by atoms with E-state index in [1.807, 2.05) is 0 Å². The number of rotatable bonds is 4. The van der Waals surface area contributed by atoms with Crippen molar-refractivity contribution in [1.82, 2.24) is 0 Å². The molecule has 0 aliphatic rings. The summed E-state index contributed by atoms with van der Waals surface area (Å²) in [5.74, 6) is -11.5. The third kappa shape index (κ3) is 2.77. The Morgan fingerprint density at radius 2 is 1.39 bits per heavy atom. The van der Waals surface area contributed by atoms with E-state index >= 15 is 0 Å². The monoisotopic (exact) mass is 268 g/mol. The molecule has 0 bridgehead atoms. The molecule has 0 aliphatic heterocycles. The van der Waals surface area contributed by atoms with Gasteiger partial charge >= 0.3 is 5.97 Å². The zero-order valence-corrected chi connectivity index (χ0v) is 9.33. The van der Waals surface area contributed by atoms with Crippen molar-refractivity contribution in [1.29, 1.82) is 0 Å². The van der Waals surface area contributed by atoms with Gasteiger partial charge in [-0.3, -0.25) is 4.79 Å². The van der Waals surface area contributed by atoms with E-state index in [1.165, 1.54) is 0 Å². The van der Waals surface area contributed by atoms with E-state index in [4.69, 9.17) is 0 Å². The van der Waals surface area contributed by atoms with Gasteiger partial charge in [-0.15, -0.1) is 0 Å². The number of halogens is 5. The third-order valence-corrected chi connectivity index (χ3v) is 2.09. The van der Waals surface area contributed by atoms with Crippen LogP contribution in [0.15, 0.2) is 0 Å². The second kappa shape index (κ2) is 5.79. The van der Waals surface area contributed by atoms with Crippen molar-refractivity contribution in [3.05, 3.63) is 34.6 Å². The lowest BCUT2D eigenvalue weighted by Crippen LogP contribution is -2.14. The molecule has 0 saturated heterocycles. The largest absolute Gasteiger partial charge is 0.465 e. The van der Waals surface area contributed by atoms with Crippen molar-refractivity contribution in [3.63, 3.8) is 0 Å². The van der Waals surface area contributed by atoms with Gasteiger partial charge < -0.3 is 4.74 Å². The Labute approximate surface area is 99.4 Å². The Morgan fingerprint density at radius 3 is 1.83 bits per heavy atom. The predicted molar refractivity (Wildman–Crippen MR) is 51.2 cm³/mol. The molecule has 0 amide bonds. The van der Waals surface area contributed by atoms with Gasteiger partial charge in [0.25, 0.3) is 0 Å². The molecule has 18 heavy (non-hydrogen) atoms. The van der Waals surface area contributed by atoms with Crippen LogP contribution in [0.25, 0.3) is 0 Å². The van der Waals surface area contributed by atoms with Gasteiger partial charge in [-0.05, 0) is 6.42 Å². The highest BCUT2D eigenvalue weighted by molar-refractivity contribution is 5.72. The summed E-state index contributed by atoms with van der Waals surface area (Å²) in [5, 5.41) is 0. The quantitative estimate of drug-likeness (QED) is 0.363. The fourth-order valence-corrected chi connectivity index (χ4v) is 1.22. The molecule has 0 aliphatic carbocycles. The number of hydrogen-bond acceptors (Lipinski definition) is 2. The van der Waals surface area contributed by atoms with Crippen LogP contribution in [0.4, 0.5) is 22.0 Å². The van der Waals surface area contributed by atoms with Gasteiger partial charge in [-0.2, -0.15) is 0 Å². The summed E-state index contributed by atoms with van der Waals surface area (Å²) >= 11 is 0. The zero-order valence-electron chi connectivity index (χ0n) is 9.33. The molecule has 0 atom stereocenters. The van der Waals surface area contributed by atoms with Gasteiger partial charge in [0.2, 0.25) is 5.82 Å². The predicted octanol–water partition coefficient (Wildman–Crippen LogP) is 2.88. The average Bonchev–Trinajstić information content (AvgIpc) is 2.36. The highest BCUT2D eigenvalue weighted by Gasteiger charge is 2.27. The van der Waals surface area contributed by atoms with E-state index in [0.29, 0.717) is 6.42 Å². The minimum absolute atomic E-state index is 0.00817. The summed E-state index contributed by atoms with van der Waals surface area (Å²) in [7, 11) is 0. The lowest BCUT2D eigenvalue weighted by molar-refractivity contribution is -0.142. The summed E-state index contributed by atoms with van der Waals surface area (Å²) < 4.78 is 69.1. The number of ether oxygens (including phenoxy) is 1. The van der Waals surface area contributed by atoms with E-state index in [0.717, 1.165) is 0 Å². The summed E-state index contributed by atoms with van der Waals surface area (Å²) in [6, 6.07) is 0. The SMILES string of the molecule is CCCOC(=O)Cc1c(F)c(F)c(F)c(F)c1F. The lowest BCUT2D eigenvalue weighted by atomic mass is 10.1. The van der Waals surface area contributed by atoms with Crippen LogP contribution in [0.2, 0.25) is 0 Å². The molecule has 1 rings (SSSR count). The third-order valence-electron chi connectivity index (χ3n) is 2.09. The van der Waals surface area contributed by atoms with Gasteiger partial charge in [-0.1, -0.05) is 6.92 Å². The molecule has 0 radical (unpaired) electrons. The van der Waals surface area contributed by atoms with E-state index in [1.54, 1.807) is 6.92 Å². The first-order chi connectivity index (χ1) is 8.40. The molecular weight excluding hydrogens is 259 g/mol. The number of carbonyl (C=O) groups is 1. The first-order valence-electron chi connectivity index (χ1n) is 5.06. The summed E-state index contributed by atoms with van der Waals surface area (Å²) in [4.78, 5) is 11.1. The molecule has 2 nitrogen and oxygen atoms in total. The van der Waals surface area contributed by atoms with Crippen LogP contribution in [-0.2, 0) is 16.0 Å². The Morgan fingerprint density at radius 1 is 0.944 bits per heavy atom. The maximum absolute atomic E-state index is 13.2. The van der Waals surface area contributed by atoms with Crippen LogP contribution < -0.4 is 0 Å². The standard InChI is InChI=1S/C11H9F5O2/c1-2-3-18-6(17)4-5-7(12)9(14)11(16)10(15)8(5)13/h2-4H2,1H3. The van der Waals surface area contributed by atoms with Crippen molar-refractivity contribution < 1.29 is 31.5 Å². The molecule has 0 spiro atoms. The maximum Gasteiger partial charge on any atom is 0.310 e. The Bertz CT molecular complexity index is 444. The van der Waals surface area contributed by atoms with Crippen LogP contribution in [-0.4, -0.2) is 12.6 Å². The van der Waals surface area contributed by atoms with Crippen LogP contribution in [0.1, 0.15) is 18.9 Å². The normalized spacial score (nSPS) is 10.6. The van der Waals surface area contributed by atoms with E-state index in [-0.39, 0.29) is 6.61 Å². The van der Waals surface area contributed by atoms with Gasteiger partial charge in [0.05, 0.1) is 13.0 Å². The summed E-state index contributed by atoms with van der Waals surface area (Å²) in [6.07, 6.45) is -0.533. The number of esters is 1. The molecule has 0 N–H and O–H groups in total. The minimum atomic E-state index is -2.25. The van der Waals surface area contributed by atoms with E-state index in [9.17, 15) is 26.7 Å². The van der Waals surface area contributed by atoms with Crippen molar-refractivity contribution in [3.8, 4) is 0 Å². The smallest absolute Gasteiger partial charge is 0.310 e. The zero-order chi connectivity index (χ0) is 13.9. The van der Waals surface area contributed by atoms with Crippen LogP contribution >= 0.6 is 0 Å². The topological polar surface area (TPSA) is 26.3 Å². The van der Waals surface area contributed by atoms with Crippen molar-refractivity contribution in [2.75, 3.05) is 6.61 Å². The van der Waals surface area contributed by atoms with Gasteiger partial charge in [-0.25, -0.2) is 22.0 Å². The molecule has 1 aromatic rings. The molecule has 1 aromatic carbocycles. The second-order valence-electron chi connectivity index (χ2n) is 3.45. The lowest BCUT2D eigenvalue weighted by Gasteiger charge is -2.08. The van der Waals surface area contributed by atoms with Gasteiger partial charge in [0.1, 0.15) is 0 Å². The molecule has 100 valence electrons. The van der Waals surface area contributed by atoms with Crippen LogP contribution in [0.3, 0.4) is 0 Å². The molecule has 0 aromatic heterocycles. The number of benzene rings is 1. The molecule has 7 heteroatoms. The van der Waals surface area contributed by atoms with Gasteiger partial charge in [0, 0.05) is 5.56 Å². The molecule has 0 heterocycles. The summed E-state index contributed by atoms with van der Waals surface area (Å²) in [5.41, 5.74) is -1.19. The van der Waals surface area contributed by atoms with Crippen molar-refractivity contribution in [2.45, 2.75) is 19.8 Å². The van der Waals surface area contributed by atoms with Crippen molar-refractivity contribution >= 4 is 5.97 Å². The number of carbonyl (C=O) groups excluding carboxylic acids is 1. The maximum atomic E-state index is 13.2. The van der Waals surface area contributed by atoms with E-state index < -0.39 is 47.0 Å². The average molecular weight is 268 g/mol. The number of hydrogen-bond donors (Lipinski definition) is 0.